The van der Waals surface area contributed by atoms with Crippen molar-refractivity contribution in [1.82, 2.24) is 19.7 Å². The summed E-state index contributed by atoms with van der Waals surface area (Å²) in [5.74, 6) is 1.29. The molecule has 0 aliphatic carbocycles. The van der Waals surface area contributed by atoms with Crippen LogP contribution in [0.2, 0.25) is 0 Å². The number of esters is 1. The summed E-state index contributed by atoms with van der Waals surface area (Å²) in [5, 5.41) is 4.87. The second-order valence-electron chi connectivity index (χ2n) is 7.75. The molecule has 10 heteroatoms. The average Bonchev–Trinajstić information content (AvgIpc) is 3.57. The molecule has 0 saturated carbocycles. The SMILES string of the molecule is COC(=O)c1ccc2c(=O)n(Cc3ccco3)c(SCc3nc(-c4ccc(C)cc4)no3)nc2c1. The molecule has 5 rings (SSSR count). The van der Waals surface area contributed by atoms with Gasteiger partial charge in [-0.1, -0.05) is 46.7 Å². The van der Waals surface area contributed by atoms with Crippen molar-refractivity contribution < 1.29 is 18.5 Å². The van der Waals surface area contributed by atoms with Crippen LogP contribution in [0.25, 0.3) is 22.3 Å². The third kappa shape index (κ3) is 4.73. The van der Waals surface area contributed by atoms with Crippen molar-refractivity contribution in [2.24, 2.45) is 0 Å². The van der Waals surface area contributed by atoms with E-state index in [-0.39, 0.29) is 12.1 Å². The topological polar surface area (TPSA) is 113 Å². The molecule has 0 bridgehead atoms. The fourth-order valence-corrected chi connectivity index (χ4v) is 4.35. The van der Waals surface area contributed by atoms with Gasteiger partial charge in [0.1, 0.15) is 5.76 Å². The Balaban J connectivity index is 1.49. The van der Waals surface area contributed by atoms with E-state index in [1.54, 1.807) is 36.6 Å². The lowest BCUT2D eigenvalue weighted by atomic mass is 10.1. The predicted molar refractivity (Wildman–Crippen MR) is 129 cm³/mol. The molecule has 0 radical (unpaired) electrons. The van der Waals surface area contributed by atoms with Crippen LogP contribution in [0.5, 0.6) is 0 Å². The van der Waals surface area contributed by atoms with E-state index in [9.17, 15) is 9.59 Å². The van der Waals surface area contributed by atoms with Crippen LogP contribution in [0, 0.1) is 6.92 Å². The van der Waals surface area contributed by atoms with Gasteiger partial charge in [-0.05, 0) is 37.3 Å². The molecule has 0 amide bonds. The number of furan rings is 1. The zero-order valence-electron chi connectivity index (χ0n) is 18.9. The molecule has 0 aliphatic heterocycles. The summed E-state index contributed by atoms with van der Waals surface area (Å²) in [6, 6.07) is 16.1. The van der Waals surface area contributed by atoms with Gasteiger partial charge < -0.3 is 13.7 Å². The van der Waals surface area contributed by atoms with E-state index in [4.69, 9.17) is 13.7 Å². The van der Waals surface area contributed by atoms with E-state index < -0.39 is 5.97 Å². The number of ether oxygens (including phenoxy) is 1. The monoisotopic (exact) mass is 488 g/mol. The Bertz CT molecular complexity index is 1560. The third-order valence-corrected chi connectivity index (χ3v) is 6.30. The number of methoxy groups -OCH3 is 1. The van der Waals surface area contributed by atoms with Crippen LogP contribution in [0.15, 0.2) is 79.8 Å². The fourth-order valence-electron chi connectivity index (χ4n) is 3.51. The Labute approximate surface area is 203 Å². The molecule has 9 nitrogen and oxygen atoms in total. The molecular formula is C25H20N4O5S. The standard InChI is InChI=1S/C25H20N4O5S/c1-15-5-7-16(8-6-15)22-27-21(34-28-22)14-35-25-26-20-12-17(24(31)32-2)9-10-19(20)23(30)29(25)13-18-4-3-11-33-18/h3-12H,13-14H2,1-2H3. The molecule has 0 saturated heterocycles. The summed E-state index contributed by atoms with van der Waals surface area (Å²) < 4.78 is 17.2. The lowest BCUT2D eigenvalue weighted by Crippen LogP contribution is -2.24. The first-order valence-electron chi connectivity index (χ1n) is 10.7. The fraction of sp³-hybridized carbons (Fsp3) is 0.160. The first kappa shape index (κ1) is 22.6. The summed E-state index contributed by atoms with van der Waals surface area (Å²) in [6.45, 7) is 2.21. The maximum absolute atomic E-state index is 13.4. The lowest BCUT2D eigenvalue weighted by molar-refractivity contribution is 0.0601. The first-order chi connectivity index (χ1) is 17.0. The molecule has 35 heavy (non-hydrogen) atoms. The predicted octanol–water partition coefficient (Wildman–Crippen LogP) is 4.48. The number of carbonyl (C=O) groups is 1. The summed E-state index contributed by atoms with van der Waals surface area (Å²) in [4.78, 5) is 34.5. The minimum absolute atomic E-state index is 0.203. The molecule has 0 unspecified atom stereocenters. The number of benzene rings is 2. The maximum Gasteiger partial charge on any atom is 0.337 e. The van der Waals surface area contributed by atoms with E-state index in [2.05, 4.69) is 15.1 Å². The zero-order chi connectivity index (χ0) is 24.4. The van der Waals surface area contributed by atoms with Crippen LogP contribution >= 0.6 is 11.8 Å². The van der Waals surface area contributed by atoms with Crippen LogP contribution in [-0.2, 0) is 17.0 Å². The molecule has 0 fully saturated rings. The first-order valence-corrected chi connectivity index (χ1v) is 11.7. The average molecular weight is 489 g/mol. The molecule has 0 N–H and O–H groups in total. The molecule has 176 valence electrons. The van der Waals surface area contributed by atoms with Gasteiger partial charge in [-0.25, -0.2) is 9.78 Å². The Hall–Kier alpha value is -4.18. The molecule has 0 spiro atoms. The van der Waals surface area contributed by atoms with E-state index in [1.807, 2.05) is 31.2 Å². The highest BCUT2D eigenvalue weighted by Gasteiger charge is 2.17. The van der Waals surface area contributed by atoms with Gasteiger partial charge in [-0.15, -0.1) is 0 Å². The maximum atomic E-state index is 13.4. The summed E-state index contributed by atoms with van der Waals surface area (Å²) in [5.41, 5.74) is 2.44. The number of thioether (sulfide) groups is 1. The van der Waals surface area contributed by atoms with Gasteiger partial charge >= 0.3 is 5.97 Å². The molecule has 3 heterocycles. The van der Waals surface area contributed by atoms with Gasteiger partial charge in [0, 0.05) is 5.56 Å². The summed E-state index contributed by atoms with van der Waals surface area (Å²) in [7, 11) is 1.30. The number of hydrogen-bond acceptors (Lipinski definition) is 9. The number of carbonyl (C=O) groups excluding carboxylic acids is 1. The van der Waals surface area contributed by atoms with Crippen LogP contribution in [0.3, 0.4) is 0 Å². The van der Waals surface area contributed by atoms with E-state index in [1.165, 1.54) is 23.4 Å². The minimum atomic E-state index is -0.503. The second-order valence-corrected chi connectivity index (χ2v) is 8.70. The molecule has 2 aromatic carbocycles. The molecule has 5 aromatic rings. The largest absolute Gasteiger partial charge is 0.467 e. The van der Waals surface area contributed by atoms with Crippen molar-refractivity contribution in [2.75, 3.05) is 7.11 Å². The van der Waals surface area contributed by atoms with E-state index in [0.717, 1.165) is 11.1 Å². The van der Waals surface area contributed by atoms with Gasteiger partial charge in [0.15, 0.2) is 5.16 Å². The van der Waals surface area contributed by atoms with Crippen LogP contribution < -0.4 is 5.56 Å². The van der Waals surface area contributed by atoms with Gasteiger partial charge in [0.25, 0.3) is 5.56 Å². The second kappa shape index (κ2) is 9.59. The van der Waals surface area contributed by atoms with Gasteiger partial charge in [-0.3, -0.25) is 9.36 Å². The Morgan fingerprint density at radius 1 is 1.11 bits per heavy atom. The highest BCUT2D eigenvalue weighted by Crippen LogP contribution is 2.25. The quantitative estimate of drug-likeness (QED) is 0.186. The third-order valence-electron chi connectivity index (χ3n) is 5.34. The molecular weight excluding hydrogens is 468 g/mol. The normalized spacial score (nSPS) is 11.1. The van der Waals surface area contributed by atoms with Crippen LogP contribution in [-0.4, -0.2) is 32.8 Å². The Morgan fingerprint density at radius 3 is 2.69 bits per heavy atom. The van der Waals surface area contributed by atoms with E-state index >= 15 is 0 Å². The number of nitrogens with zero attached hydrogens (tertiary/aromatic N) is 4. The summed E-state index contributed by atoms with van der Waals surface area (Å²) >= 11 is 1.28. The van der Waals surface area contributed by atoms with Gasteiger partial charge in [0.05, 0.1) is 42.1 Å². The number of aryl methyl sites for hydroxylation is 1. The van der Waals surface area contributed by atoms with Crippen molar-refractivity contribution in [3.8, 4) is 11.4 Å². The van der Waals surface area contributed by atoms with Crippen molar-refractivity contribution in [3.05, 3.63) is 94.0 Å². The lowest BCUT2D eigenvalue weighted by Gasteiger charge is -2.12. The number of fused-ring (bicyclic) bond motifs is 1. The van der Waals surface area contributed by atoms with Crippen LogP contribution in [0.1, 0.15) is 27.6 Å². The minimum Gasteiger partial charge on any atom is -0.467 e. The Kier molecular flexibility index (Phi) is 6.19. The van der Waals surface area contributed by atoms with Crippen molar-refractivity contribution in [3.63, 3.8) is 0 Å². The number of aromatic nitrogens is 4. The molecule has 3 aromatic heterocycles. The molecule has 0 aliphatic rings. The van der Waals surface area contributed by atoms with E-state index in [0.29, 0.717) is 44.9 Å². The van der Waals surface area contributed by atoms with Crippen molar-refractivity contribution in [2.45, 2.75) is 24.4 Å². The van der Waals surface area contributed by atoms with Crippen molar-refractivity contribution in [1.29, 1.82) is 0 Å². The van der Waals surface area contributed by atoms with Gasteiger partial charge in [-0.2, -0.15) is 4.98 Å². The summed E-state index contributed by atoms with van der Waals surface area (Å²) in [6.07, 6.45) is 1.55. The Morgan fingerprint density at radius 2 is 1.94 bits per heavy atom. The number of rotatable bonds is 7. The number of hydrogen-bond donors (Lipinski definition) is 0. The highest BCUT2D eigenvalue weighted by atomic mass is 32.2. The zero-order valence-corrected chi connectivity index (χ0v) is 19.7. The van der Waals surface area contributed by atoms with Gasteiger partial charge in [0.2, 0.25) is 11.7 Å². The smallest absolute Gasteiger partial charge is 0.337 e. The van der Waals surface area contributed by atoms with Crippen LogP contribution in [0.4, 0.5) is 0 Å². The van der Waals surface area contributed by atoms with Crippen molar-refractivity contribution >= 4 is 28.6 Å². The molecule has 0 atom stereocenters. The highest BCUT2D eigenvalue weighted by molar-refractivity contribution is 7.98.